The number of carbonyl (C=O) groups is 4. The molecule has 4 N–H and O–H groups in total. The standard InChI is InChI=1S/C35H50N8O6S2/c1-11-17(8)25-33-43-27(19(10)49-33)31(47)40-23(15(4)5)34-36-20(12-50-34)28(44)38-22(14(2)3)32-42-26(18(9)48-32)30(46)39-24(16(6)7)35-37-21(13-51-35)29(45)41-25/h12-19,22-27H,11H2,1-10H3,(H,38,44)(H,39,46)(H,40,47)(H,41,45)/t17-,18+,19+,22-,23+,24+,25-,26-,27-/m0/s1. The van der Waals surface area contributed by atoms with E-state index in [4.69, 9.17) is 14.5 Å². The summed E-state index contributed by atoms with van der Waals surface area (Å²) in [5.41, 5.74) is 0.401. The van der Waals surface area contributed by atoms with Gasteiger partial charge in [-0.2, -0.15) is 0 Å². The number of aliphatic imine (C=N–C) groups is 2. The van der Waals surface area contributed by atoms with Crippen molar-refractivity contribution in [2.45, 2.75) is 124 Å². The lowest BCUT2D eigenvalue weighted by Gasteiger charge is -2.24. The summed E-state index contributed by atoms with van der Waals surface area (Å²) >= 11 is 2.56. The molecule has 3 aliphatic rings. The van der Waals surface area contributed by atoms with Gasteiger partial charge < -0.3 is 30.7 Å². The molecule has 5 heterocycles. The van der Waals surface area contributed by atoms with E-state index in [1.165, 1.54) is 22.7 Å². The third kappa shape index (κ3) is 8.27. The first kappa shape index (κ1) is 38.3. The van der Waals surface area contributed by atoms with E-state index in [9.17, 15) is 19.2 Å². The Morgan fingerprint density at radius 3 is 1.41 bits per heavy atom. The van der Waals surface area contributed by atoms with Crippen LogP contribution >= 0.6 is 22.7 Å². The number of ether oxygens (including phenoxy) is 2. The predicted octanol–water partition coefficient (Wildman–Crippen LogP) is 4.21. The number of thiazole rings is 2. The minimum atomic E-state index is -0.858. The van der Waals surface area contributed by atoms with Crippen LogP contribution in [0.5, 0.6) is 0 Å². The zero-order valence-corrected chi connectivity index (χ0v) is 32.5. The maximum atomic E-state index is 13.8. The van der Waals surface area contributed by atoms with Gasteiger partial charge in [-0.1, -0.05) is 61.8 Å². The van der Waals surface area contributed by atoms with Crippen LogP contribution < -0.4 is 21.3 Å². The number of fused-ring (bicyclic) bond motifs is 6. The highest BCUT2D eigenvalue weighted by molar-refractivity contribution is 7.10. The summed E-state index contributed by atoms with van der Waals surface area (Å²) in [7, 11) is 0. The molecule has 0 fully saturated rings. The molecule has 8 bridgehead atoms. The van der Waals surface area contributed by atoms with E-state index < -0.39 is 60.3 Å². The summed E-state index contributed by atoms with van der Waals surface area (Å²) in [6, 6.07) is -3.94. The lowest BCUT2D eigenvalue weighted by Crippen LogP contribution is -2.45. The Bertz CT molecular complexity index is 1680. The molecule has 9 atom stereocenters. The molecule has 0 spiro atoms. The molecule has 278 valence electrons. The molecular formula is C35H50N8O6S2. The fraction of sp³-hybridized carbons (Fsp3) is 0.657. The highest BCUT2D eigenvalue weighted by atomic mass is 32.1. The fourth-order valence-electron chi connectivity index (χ4n) is 6.11. The van der Waals surface area contributed by atoms with Crippen molar-refractivity contribution in [2.75, 3.05) is 0 Å². The van der Waals surface area contributed by atoms with Gasteiger partial charge in [-0.05, 0) is 37.5 Å². The molecule has 0 unspecified atom stereocenters. The van der Waals surface area contributed by atoms with Gasteiger partial charge in [0.2, 0.25) is 23.6 Å². The Hall–Kier alpha value is -3.92. The van der Waals surface area contributed by atoms with E-state index >= 15 is 0 Å². The van der Waals surface area contributed by atoms with Crippen LogP contribution in [0, 0.1) is 23.7 Å². The molecule has 4 amide bonds. The molecule has 2 aromatic rings. The van der Waals surface area contributed by atoms with E-state index in [0.717, 1.165) is 0 Å². The van der Waals surface area contributed by atoms with Gasteiger partial charge in [0.1, 0.15) is 45.7 Å². The molecule has 0 aromatic carbocycles. The molecule has 3 aliphatic heterocycles. The van der Waals surface area contributed by atoms with Gasteiger partial charge in [-0.15, -0.1) is 22.7 Å². The van der Waals surface area contributed by atoms with Crippen molar-refractivity contribution in [3.8, 4) is 0 Å². The van der Waals surface area contributed by atoms with Crippen LogP contribution in [0.1, 0.15) is 119 Å². The van der Waals surface area contributed by atoms with Gasteiger partial charge >= 0.3 is 0 Å². The maximum absolute atomic E-state index is 13.8. The van der Waals surface area contributed by atoms with Gasteiger partial charge in [-0.3, -0.25) is 19.2 Å². The van der Waals surface area contributed by atoms with Gasteiger partial charge in [-0.25, -0.2) is 20.0 Å². The fourth-order valence-corrected chi connectivity index (χ4v) is 8.15. The van der Waals surface area contributed by atoms with E-state index in [0.29, 0.717) is 16.4 Å². The average molecular weight is 743 g/mol. The molecule has 16 heteroatoms. The zero-order chi connectivity index (χ0) is 37.3. The molecule has 0 saturated heterocycles. The summed E-state index contributed by atoms with van der Waals surface area (Å²) < 4.78 is 12.2. The summed E-state index contributed by atoms with van der Waals surface area (Å²) in [6.45, 7) is 19.2. The Labute approximate surface area is 307 Å². The van der Waals surface area contributed by atoms with Crippen LogP contribution in [-0.4, -0.2) is 81.8 Å². The van der Waals surface area contributed by atoms with Crippen molar-refractivity contribution < 1.29 is 28.7 Å². The van der Waals surface area contributed by atoms with Gasteiger partial charge in [0.15, 0.2) is 12.1 Å². The topological polar surface area (TPSA) is 185 Å². The highest BCUT2D eigenvalue weighted by Crippen LogP contribution is 2.30. The molecule has 0 radical (unpaired) electrons. The SMILES string of the molecule is CC[C@H](C)[C@@H]1NC(=O)c2csc(n2)[C@@H](C(C)C)NC(=O)[C@H]2N=C(O[C@@H]2C)[C@H](C(C)C)NC(=O)c2csc(n2)[C@@H](C(C)C)NC(=O)[C@H]2N=C1O[C@@H]2C. The number of carbonyl (C=O) groups excluding carboxylic acids is 4. The zero-order valence-electron chi connectivity index (χ0n) is 30.8. The predicted molar refractivity (Wildman–Crippen MR) is 196 cm³/mol. The lowest BCUT2D eigenvalue weighted by molar-refractivity contribution is -0.125. The number of rotatable bonds is 5. The van der Waals surface area contributed by atoms with Crippen molar-refractivity contribution in [3.63, 3.8) is 0 Å². The third-order valence-electron chi connectivity index (χ3n) is 9.53. The van der Waals surface area contributed by atoms with Crippen molar-refractivity contribution in [1.82, 2.24) is 31.2 Å². The van der Waals surface area contributed by atoms with Crippen LogP contribution in [0.25, 0.3) is 0 Å². The molecule has 2 aromatic heterocycles. The van der Waals surface area contributed by atoms with Crippen LogP contribution in [0.2, 0.25) is 0 Å². The van der Waals surface area contributed by atoms with Crippen molar-refractivity contribution in [3.05, 3.63) is 32.2 Å². The number of aromatic nitrogens is 2. The Kier molecular flexibility index (Phi) is 11.8. The first-order valence-electron chi connectivity index (χ1n) is 17.7. The average Bonchev–Trinajstić information content (AvgIpc) is 3.89. The van der Waals surface area contributed by atoms with Crippen LogP contribution in [-0.2, 0) is 19.1 Å². The minimum absolute atomic E-state index is 0.0599. The largest absolute Gasteiger partial charge is 0.474 e. The Morgan fingerprint density at radius 1 is 0.627 bits per heavy atom. The minimum Gasteiger partial charge on any atom is -0.474 e. The molecule has 5 rings (SSSR count). The number of nitrogens with one attached hydrogen (secondary N) is 4. The highest BCUT2D eigenvalue weighted by Gasteiger charge is 2.41. The second-order valence-electron chi connectivity index (χ2n) is 14.6. The molecular weight excluding hydrogens is 693 g/mol. The van der Waals surface area contributed by atoms with Crippen molar-refractivity contribution >= 4 is 58.1 Å². The summed E-state index contributed by atoms with van der Waals surface area (Å²) in [5.74, 6) is -1.28. The van der Waals surface area contributed by atoms with Crippen LogP contribution in [0.3, 0.4) is 0 Å². The second-order valence-corrected chi connectivity index (χ2v) is 16.4. The van der Waals surface area contributed by atoms with Crippen LogP contribution in [0.15, 0.2) is 20.7 Å². The molecule has 0 saturated carbocycles. The number of hydrogen-bond donors (Lipinski definition) is 4. The van der Waals surface area contributed by atoms with E-state index in [1.54, 1.807) is 24.6 Å². The van der Waals surface area contributed by atoms with E-state index in [2.05, 4.69) is 36.2 Å². The number of hydrogen-bond acceptors (Lipinski definition) is 12. The Balaban J connectivity index is 1.54. The quantitative estimate of drug-likeness (QED) is 0.351. The van der Waals surface area contributed by atoms with E-state index in [1.807, 2.05) is 55.4 Å². The summed E-state index contributed by atoms with van der Waals surface area (Å²) in [4.78, 5) is 73.3. The first-order chi connectivity index (χ1) is 24.1. The van der Waals surface area contributed by atoms with Crippen molar-refractivity contribution in [2.24, 2.45) is 33.7 Å². The Morgan fingerprint density at radius 2 is 1.02 bits per heavy atom. The molecule has 51 heavy (non-hydrogen) atoms. The number of amides is 4. The summed E-state index contributed by atoms with van der Waals surface area (Å²) in [6.07, 6.45) is -0.454. The van der Waals surface area contributed by atoms with Gasteiger partial charge in [0.25, 0.3) is 11.8 Å². The lowest BCUT2D eigenvalue weighted by atomic mass is 9.98. The summed E-state index contributed by atoms with van der Waals surface area (Å²) in [5, 5.41) is 16.7. The normalized spacial score (nSPS) is 29.7. The first-order valence-corrected chi connectivity index (χ1v) is 19.5. The molecule has 14 nitrogen and oxygen atoms in total. The van der Waals surface area contributed by atoms with Gasteiger partial charge in [0, 0.05) is 10.8 Å². The van der Waals surface area contributed by atoms with Crippen molar-refractivity contribution in [1.29, 1.82) is 0 Å². The molecule has 0 aliphatic carbocycles. The third-order valence-corrected chi connectivity index (χ3v) is 11.4. The maximum Gasteiger partial charge on any atom is 0.271 e. The van der Waals surface area contributed by atoms with E-state index in [-0.39, 0.29) is 58.7 Å². The second kappa shape index (κ2) is 15.8. The monoisotopic (exact) mass is 742 g/mol. The van der Waals surface area contributed by atoms with Crippen LogP contribution in [0.4, 0.5) is 0 Å². The smallest absolute Gasteiger partial charge is 0.271 e. The van der Waals surface area contributed by atoms with Gasteiger partial charge in [0.05, 0.1) is 12.1 Å². The number of nitrogens with zero attached hydrogens (tertiary/aromatic N) is 4.